The molecule has 0 aliphatic rings. The average Bonchev–Trinajstić information content (AvgIpc) is 2.74. The summed E-state index contributed by atoms with van der Waals surface area (Å²) in [7, 11) is 1.62. The number of nitrogens with one attached hydrogen (secondary N) is 1. The predicted octanol–water partition coefficient (Wildman–Crippen LogP) is 4.43. The Bertz CT molecular complexity index is 879. The van der Waals surface area contributed by atoms with Crippen molar-refractivity contribution < 1.29 is 19.0 Å². The van der Waals surface area contributed by atoms with E-state index in [4.69, 9.17) is 14.2 Å². The van der Waals surface area contributed by atoms with Crippen molar-refractivity contribution in [3.63, 3.8) is 0 Å². The number of hydrogen-bond acceptors (Lipinski definition) is 4. The van der Waals surface area contributed by atoms with Crippen LogP contribution in [-0.2, 0) is 22.7 Å². The standard InChI is InChI=1S/C23H23NO4/c1-26-22-9-5-8-19(14-22)15-27-17-23(25)24-20-10-12-21(13-11-20)28-16-18-6-3-2-4-7-18/h2-14H,15-17H2,1H3,(H,24,25). The minimum Gasteiger partial charge on any atom is -0.497 e. The molecule has 0 aliphatic carbocycles. The van der Waals surface area contributed by atoms with Crippen LogP contribution in [0.5, 0.6) is 11.5 Å². The number of benzene rings is 3. The number of carbonyl (C=O) groups is 1. The van der Waals surface area contributed by atoms with Crippen molar-refractivity contribution >= 4 is 11.6 Å². The molecular formula is C23H23NO4. The SMILES string of the molecule is COc1cccc(COCC(=O)Nc2ccc(OCc3ccccc3)cc2)c1. The first kappa shape index (κ1) is 19.5. The van der Waals surface area contributed by atoms with E-state index in [1.54, 1.807) is 19.2 Å². The molecular weight excluding hydrogens is 354 g/mol. The summed E-state index contributed by atoms with van der Waals surface area (Å²) in [5, 5.41) is 2.81. The molecule has 5 nitrogen and oxygen atoms in total. The van der Waals surface area contributed by atoms with Gasteiger partial charge in [0.25, 0.3) is 0 Å². The number of amides is 1. The van der Waals surface area contributed by atoms with Crippen LogP contribution < -0.4 is 14.8 Å². The van der Waals surface area contributed by atoms with Gasteiger partial charge in [-0.3, -0.25) is 4.79 Å². The fourth-order valence-corrected chi connectivity index (χ4v) is 2.60. The molecule has 1 amide bonds. The summed E-state index contributed by atoms with van der Waals surface area (Å²) >= 11 is 0. The van der Waals surface area contributed by atoms with Gasteiger partial charge in [-0.25, -0.2) is 0 Å². The summed E-state index contributed by atoms with van der Waals surface area (Å²) in [6.45, 7) is 0.824. The first-order chi connectivity index (χ1) is 13.7. The Hall–Kier alpha value is -3.31. The first-order valence-corrected chi connectivity index (χ1v) is 9.00. The van der Waals surface area contributed by atoms with Crippen molar-refractivity contribution in [2.24, 2.45) is 0 Å². The van der Waals surface area contributed by atoms with Gasteiger partial charge in [-0.05, 0) is 47.5 Å². The minimum atomic E-state index is -0.208. The highest BCUT2D eigenvalue weighted by Crippen LogP contribution is 2.17. The van der Waals surface area contributed by atoms with E-state index in [-0.39, 0.29) is 12.5 Å². The van der Waals surface area contributed by atoms with Crippen molar-refractivity contribution in [3.05, 3.63) is 90.0 Å². The van der Waals surface area contributed by atoms with E-state index in [9.17, 15) is 4.79 Å². The molecule has 0 spiro atoms. The van der Waals surface area contributed by atoms with Crippen LogP contribution in [0.3, 0.4) is 0 Å². The van der Waals surface area contributed by atoms with E-state index in [1.807, 2.05) is 66.7 Å². The largest absolute Gasteiger partial charge is 0.497 e. The van der Waals surface area contributed by atoms with E-state index in [0.717, 1.165) is 22.6 Å². The van der Waals surface area contributed by atoms with Crippen LogP contribution >= 0.6 is 0 Å². The highest BCUT2D eigenvalue weighted by molar-refractivity contribution is 5.91. The number of anilines is 1. The molecule has 3 aromatic carbocycles. The monoisotopic (exact) mass is 377 g/mol. The molecule has 1 N–H and O–H groups in total. The predicted molar refractivity (Wildman–Crippen MR) is 108 cm³/mol. The van der Waals surface area contributed by atoms with Gasteiger partial charge in [-0.2, -0.15) is 0 Å². The third kappa shape index (κ3) is 6.14. The van der Waals surface area contributed by atoms with Crippen molar-refractivity contribution in [2.45, 2.75) is 13.2 Å². The molecule has 5 heteroatoms. The second-order valence-corrected chi connectivity index (χ2v) is 6.19. The quantitative estimate of drug-likeness (QED) is 0.599. The fourth-order valence-electron chi connectivity index (χ4n) is 2.60. The van der Waals surface area contributed by atoms with E-state index in [1.165, 1.54) is 0 Å². The molecule has 0 unspecified atom stereocenters. The summed E-state index contributed by atoms with van der Waals surface area (Å²) in [5.74, 6) is 1.30. The van der Waals surface area contributed by atoms with Gasteiger partial charge in [0, 0.05) is 5.69 Å². The Morgan fingerprint density at radius 3 is 2.32 bits per heavy atom. The molecule has 0 radical (unpaired) electrons. The zero-order valence-electron chi connectivity index (χ0n) is 15.8. The molecule has 0 aliphatic heterocycles. The maximum absolute atomic E-state index is 12.0. The van der Waals surface area contributed by atoms with Gasteiger partial charge in [0.05, 0.1) is 13.7 Å². The zero-order valence-corrected chi connectivity index (χ0v) is 15.8. The first-order valence-electron chi connectivity index (χ1n) is 9.00. The number of hydrogen-bond donors (Lipinski definition) is 1. The molecule has 0 atom stereocenters. The number of methoxy groups -OCH3 is 1. The molecule has 0 saturated carbocycles. The van der Waals surface area contributed by atoms with Crippen LogP contribution in [0.2, 0.25) is 0 Å². The lowest BCUT2D eigenvalue weighted by molar-refractivity contribution is -0.121. The van der Waals surface area contributed by atoms with Gasteiger partial charge < -0.3 is 19.5 Å². The highest BCUT2D eigenvalue weighted by atomic mass is 16.5. The van der Waals surface area contributed by atoms with E-state index in [2.05, 4.69) is 5.32 Å². The summed E-state index contributed by atoms with van der Waals surface area (Å²) in [6, 6.07) is 24.8. The van der Waals surface area contributed by atoms with Crippen LogP contribution in [0.1, 0.15) is 11.1 Å². The minimum absolute atomic E-state index is 0.0243. The van der Waals surface area contributed by atoms with Gasteiger partial charge in [0.15, 0.2) is 0 Å². The molecule has 28 heavy (non-hydrogen) atoms. The molecule has 0 heterocycles. The van der Waals surface area contributed by atoms with Gasteiger partial charge in [-0.1, -0.05) is 42.5 Å². The van der Waals surface area contributed by atoms with Crippen LogP contribution in [0.25, 0.3) is 0 Å². The van der Waals surface area contributed by atoms with Crippen LogP contribution in [0, 0.1) is 0 Å². The molecule has 0 fully saturated rings. The summed E-state index contributed by atoms with van der Waals surface area (Å²) < 4.78 is 16.4. The van der Waals surface area contributed by atoms with Crippen molar-refractivity contribution in [3.8, 4) is 11.5 Å². The second-order valence-electron chi connectivity index (χ2n) is 6.19. The van der Waals surface area contributed by atoms with Crippen LogP contribution in [-0.4, -0.2) is 19.6 Å². The number of ether oxygens (including phenoxy) is 3. The Labute approximate surface area is 164 Å². The zero-order chi connectivity index (χ0) is 19.6. The van der Waals surface area contributed by atoms with Crippen LogP contribution in [0.15, 0.2) is 78.9 Å². The van der Waals surface area contributed by atoms with Crippen molar-refractivity contribution in [2.75, 3.05) is 19.0 Å². The van der Waals surface area contributed by atoms with Crippen molar-refractivity contribution in [1.82, 2.24) is 0 Å². The molecule has 144 valence electrons. The normalized spacial score (nSPS) is 10.3. The smallest absolute Gasteiger partial charge is 0.250 e. The van der Waals surface area contributed by atoms with Crippen LogP contribution in [0.4, 0.5) is 5.69 Å². The summed E-state index contributed by atoms with van der Waals surface area (Å²) in [5.41, 5.74) is 2.75. The average molecular weight is 377 g/mol. The van der Waals surface area contributed by atoms with E-state index < -0.39 is 0 Å². The Kier molecular flexibility index (Phi) is 7.04. The van der Waals surface area contributed by atoms with Gasteiger partial charge >= 0.3 is 0 Å². The summed E-state index contributed by atoms with van der Waals surface area (Å²) in [6.07, 6.45) is 0. The van der Waals surface area contributed by atoms with E-state index >= 15 is 0 Å². The molecule has 0 saturated heterocycles. The highest BCUT2D eigenvalue weighted by Gasteiger charge is 2.04. The molecule has 0 aromatic heterocycles. The Morgan fingerprint density at radius 2 is 1.57 bits per heavy atom. The Morgan fingerprint density at radius 1 is 0.821 bits per heavy atom. The maximum atomic E-state index is 12.0. The van der Waals surface area contributed by atoms with Crippen molar-refractivity contribution in [1.29, 1.82) is 0 Å². The number of rotatable bonds is 9. The topological polar surface area (TPSA) is 56.8 Å². The third-order valence-corrected chi connectivity index (χ3v) is 4.02. The van der Waals surface area contributed by atoms with Gasteiger partial charge in [-0.15, -0.1) is 0 Å². The molecule has 3 aromatic rings. The lowest BCUT2D eigenvalue weighted by Gasteiger charge is -2.09. The van der Waals surface area contributed by atoms with E-state index in [0.29, 0.717) is 18.9 Å². The summed E-state index contributed by atoms with van der Waals surface area (Å²) in [4.78, 5) is 12.0. The molecule has 0 bridgehead atoms. The second kappa shape index (κ2) is 10.1. The lowest BCUT2D eigenvalue weighted by atomic mass is 10.2. The van der Waals surface area contributed by atoms with Gasteiger partial charge in [0.2, 0.25) is 5.91 Å². The number of carbonyl (C=O) groups excluding carboxylic acids is 1. The fraction of sp³-hybridized carbons (Fsp3) is 0.174. The third-order valence-electron chi connectivity index (χ3n) is 4.02. The lowest BCUT2D eigenvalue weighted by Crippen LogP contribution is -2.18. The molecule has 3 rings (SSSR count). The Balaban J connectivity index is 1.41. The van der Waals surface area contributed by atoms with Gasteiger partial charge in [0.1, 0.15) is 24.7 Å². The maximum Gasteiger partial charge on any atom is 0.250 e.